The van der Waals surface area contributed by atoms with E-state index in [1.165, 1.54) is 65.6 Å². The van der Waals surface area contributed by atoms with Gasteiger partial charge in [-0.2, -0.15) is 0 Å². The Morgan fingerprint density at radius 3 is 1.57 bits per heavy atom. The lowest BCUT2D eigenvalue weighted by Gasteiger charge is -2.14. The van der Waals surface area contributed by atoms with Crippen molar-refractivity contribution in [3.8, 4) is 0 Å². The van der Waals surface area contributed by atoms with Crippen LogP contribution in [0.2, 0.25) is 0 Å². The Morgan fingerprint density at radius 2 is 1.17 bits per heavy atom. The van der Waals surface area contributed by atoms with Gasteiger partial charge in [0.2, 0.25) is 0 Å². The third-order valence-corrected chi connectivity index (χ3v) is 4.61. The van der Waals surface area contributed by atoms with Gasteiger partial charge in [-0.25, -0.2) is 4.79 Å². The molecule has 1 rings (SSSR count). The summed E-state index contributed by atoms with van der Waals surface area (Å²) >= 11 is 0. The highest BCUT2D eigenvalue weighted by Crippen LogP contribution is 2.25. The Morgan fingerprint density at radius 1 is 0.739 bits per heavy atom. The smallest absolute Gasteiger partial charge is 0.334 e. The molecule has 0 saturated heterocycles. The van der Waals surface area contributed by atoms with Crippen LogP contribution in [-0.2, 0) is 19.1 Å². The average molecular weight is 324 g/mol. The quantitative estimate of drug-likeness (QED) is 0.557. The molecule has 4 heteroatoms. The van der Waals surface area contributed by atoms with E-state index in [2.05, 4.69) is 0 Å². The van der Waals surface area contributed by atoms with E-state index in [4.69, 9.17) is 9.47 Å². The van der Waals surface area contributed by atoms with Crippen molar-refractivity contribution in [2.75, 3.05) is 14.2 Å². The van der Waals surface area contributed by atoms with Gasteiger partial charge in [-0.1, -0.05) is 56.9 Å². The fourth-order valence-corrected chi connectivity index (χ4v) is 3.20. The molecular weight excluding hydrogens is 292 g/mol. The van der Waals surface area contributed by atoms with E-state index >= 15 is 0 Å². The zero-order valence-electron chi connectivity index (χ0n) is 14.8. The van der Waals surface area contributed by atoms with E-state index in [0.717, 1.165) is 31.3 Å². The maximum atomic E-state index is 12.1. The van der Waals surface area contributed by atoms with Crippen LogP contribution in [0.3, 0.4) is 0 Å². The fourth-order valence-electron chi connectivity index (χ4n) is 3.20. The Hall–Kier alpha value is -1.32. The molecule has 0 atom stereocenters. The van der Waals surface area contributed by atoms with Crippen molar-refractivity contribution >= 4 is 11.9 Å². The van der Waals surface area contributed by atoms with Gasteiger partial charge in [0.1, 0.15) is 0 Å². The van der Waals surface area contributed by atoms with Crippen LogP contribution < -0.4 is 0 Å². The topological polar surface area (TPSA) is 52.6 Å². The lowest BCUT2D eigenvalue weighted by atomic mass is 9.94. The number of methoxy groups -OCH3 is 2. The molecule has 0 aromatic rings. The van der Waals surface area contributed by atoms with Crippen LogP contribution in [0.4, 0.5) is 0 Å². The van der Waals surface area contributed by atoms with Crippen molar-refractivity contribution in [3.05, 3.63) is 11.1 Å². The van der Waals surface area contributed by atoms with E-state index in [9.17, 15) is 9.59 Å². The van der Waals surface area contributed by atoms with E-state index in [-0.39, 0.29) is 18.4 Å². The second kappa shape index (κ2) is 12.1. The summed E-state index contributed by atoms with van der Waals surface area (Å²) in [7, 11) is 2.73. The number of allylic oxidation sites excluding steroid dienone is 1. The zero-order valence-corrected chi connectivity index (χ0v) is 14.8. The molecule has 0 aromatic carbocycles. The number of carbonyl (C=O) groups is 2. The second-order valence-electron chi connectivity index (χ2n) is 6.36. The SMILES string of the molecule is COC(=O)CC(C(=O)OC)=C1CCCCCCCCCCCC1. The summed E-state index contributed by atoms with van der Waals surface area (Å²) < 4.78 is 9.64. The van der Waals surface area contributed by atoms with Crippen LogP contribution in [0.25, 0.3) is 0 Å². The lowest BCUT2D eigenvalue weighted by Crippen LogP contribution is -2.14. The number of hydrogen-bond donors (Lipinski definition) is 0. The standard InChI is InChI=1S/C19H32O4/c1-22-18(20)15-17(19(21)23-2)16-13-11-9-7-5-3-4-6-8-10-12-14-16/h3-15H2,1-2H3. The molecule has 1 fully saturated rings. The molecule has 0 N–H and O–H groups in total. The second-order valence-corrected chi connectivity index (χ2v) is 6.36. The molecule has 23 heavy (non-hydrogen) atoms. The summed E-state index contributed by atoms with van der Waals surface area (Å²) in [5.41, 5.74) is 1.62. The molecule has 0 radical (unpaired) electrons. The number of carbonyl (C=O) groups excluding carboxylic acids is 2. The van der Waals surface area contributed by atoms with Crippen LogP contribution in [0.5, 0.6) is 0 Å². The summed E-state index contributed by atoms with van der Waals surface area (Å²) in [5, 5.41) is 0. The first-order valence-electron chi connectivity index (χ1n) is 9.05. The highest BCUT2D eigenvalue weighted by atomic mass is 16.5. The summed E-state index contributed by atoms with van der Waals surface area (Å²) in [4.78, 5) is 23.7. The molecule has 0 amide bonds. The van der Waals surface area contributed by atoms with Crippen LogP contribution in [0, 0.1) is 0 Å². The third-order valence-electron chi connectivity index (χ3n) is 4.61. The molecule has 1 aliphatic carbocycles. The van der Waals surface area contributed by atoms with E-state index in [1.807, 2.05) is 0 Å². The molecule has 0 spiro atoms. The van der Waals surface area contributed by atoms with Gasteiger partial charge in [0.25, 0.3) is 0 Å². The number of hydrogen-bond acceptors (Lipinski definition) is 4. The van der Waals surface area contributed by atoms with Crippen molar-refractivity contribution < 1.29 is 19.1 Å². The maximum Gasteiger partial charge on any atom is 0.334 e. The van der Waals surface area contributed by atoms with Crippen molar-refractivity contribution in [3.63, 3.8) is 0 Å². The minimum Gasteiger partial charge on any atom is -0.469 e. The van der Waals surface area contributed by atoms with Crippen molar-refractivity contribution in [2.24, 2.45) is 0 Å². The lowest BCUT2D eigenvalue weighted by molar-refractivity contribution is -0.143. The largest absolute Gasteiger partial charge is 0.469 e. The third kappa shape index (κ3) is 8.19. The first kappa shape index (κ1) is 19.7. The van der Waals surface area contributed by atoms with E-state index < -0.39 is 0 Å². The van der Waals surface area contributed by atoms with Gasteiger partial charge in [0.05, 0.1) is 20.6 Å². The van der Waals surface area contributed by atoms with Gasteiger partial charge in [-0.15, -0.1) is 0 Å². The van der Waals surface area contributed by atoms with Gasteiger partial charge in [0, 0.05) is 5.57 Å². The minimum atomic E-state index is -0.380. The molecule has 132 valence electrons. The molecule has 1 saturated carbocycles. The van der Waals surface area contributed by atoms with Crippen molar-refractivity contribution in [1.82, 2.24) is 0 Å². The van der Waals surface area contributed by atoms with E-state index in [1.54, 1.807) is 0 Å². The highest BCUT2D eigenvalue weighted by molar-refractivity contribution is 5.94. The van der Waals surface area contributed by atoms with Crippen molar-refractivity contribution in [1.29, 1.82) is 0 Å². The first-order chi connectivity index (χ1) is 11.2. The van der Waals surface area contributed by atoms with Gasteiger partial charge < -0.3 is 9.47 Å². The Balaban J connectivity index is 2.84. The monoisotopic (exact) mass is 324 g/mol. The molecule has 0 bridgehead atoms. The van der Waals surface area contributed by atoms with Gasteiger partial charge in [-0.05, 0) is 25.7 Å². The molecule has 0 heterocycles. The summed E-state index contributed by atoms with van der Waals surface area (Å²) in [5.74, 6) is -0.754. The molecule has 0 aliphatic heterocycles. The van der Waals surface area contributed by atoms with Gasteiger partial charge >= 0.3 is 11.9 Å². The van der Waals surface area contributed by atoms with Gasteiger partial charge in [-0.3, -0.25) is 4.79 Å². The highest BCUT2D eigenvalue weighted by Gasteiger charge is 2.19. The van der Waals surface area contributed by atoms with Crippen LogP contribution >= 0.6 is 0 Å². The number of esters is 2. The first-order valence-corrected chi connectivity index (χ1v) is 9.05. The molecule has 1 aliphatic rings. The fraction of sp³-hybridized carbons (Fsp3) is 0.789. The minimum absolute atomic E-state index is 0.0263. The Kier molecular flexibility index (Phi) is 10.4. The van der Waals surface area contributed by atoms with Crippen molar-refractivity contribution in [2.45, 2.75) is 83.5 Å². The maximum absolute atomic E-state index is 12.1. The Bertz CT molecular complexity index is 382. The average Bonchev–Trinajstić information content (AvgIpc) is 2.60. The van der Waals surface area contributed by atoms with Gasteiger partial charge in [0.15, 0.2) is 0 Å². The van der Waals surface area contributed by atoms with Crippen LogP contribution in [0.15, 0.2) is 11.1 Å². The predicted molar refractivity (Wildman–Crippen MR) is 91.1 cm³/mol. The Labute approximate surface area is 140 Å². The van der Waals surface area contributed by atoms with Crippen LogP contribution in [-0.4, -0.2) is 26.2 Å². The predicted octanol–water partition coefficient (Wildman–Crippen LogP) is 4.71. The number of rotatable bonds is 3. The summed E-state index contributed by atoms with van der Waals surface area (Å²) in [6, 6.07) is 0. The normalized spacial score (nSPS) is 18.1. The zero-order chi connectivity index (χ0) is 16.9. The molecular formula is C19H32O4. The van der Waals surface area contributed by atoms with E-state index in [0.29, 0.717) is 5.57 Å². The van der Waals surface area contributed by atoms with Crippen LogP contribution in [0.1, 0.15) is 83.5 Å². The summed E-state index contributed by atoms with van der Waals surface area (Å²) in [6.07, 6.45) is 14.2. The molecule has 0 unspecified atom stereocenters. The number of ether oxygens (including phenoxy) is 2. The summed E-state index contributed by atoms with van der Waals surface area (Å²) in [6.45, 7) is 0. The molecule has 0 aromatic heterocycles. The molecule has 4 nitrogen and oxygen atoms in total.